The summed E-state index contributed by atoms with van der Waals surface area (Å²) >= 11 is 0. The summed E-state index contributed by atoms with van der Waals surface area (Å²) in [5, 5.41) is 8.69. The fraction of sp³-hybridized carbons (Fsp3) is 0.143. The van der Waals surface area contributed by atoms with E-state index in [9.17, 15) is 9.18 Å². The lowest BCUT2D eigenvalue weighted by Crippen LogP contribution is -2.04. The Morgan fingerprint density at radius 1 is 1.37 bits per heavy atom. The predicted octanol–water partition coefficient (Wildman–Crippen LogP) is 2.54. The topological polar surface area (TPSA) is 59.4 Å². The Labute approximate surface area is 109 Å². The van der Waals surface area contributed by atoms with Crippen LogP contribution in [0.3, 0.4) is 0 Å². The number of pyridine rings is 1. The third-order valence-corrected chi connectivity index (χ3v) is 2.55. The van der Waals surface area contributed by atoms with Gasteiger partial charge < -0.3 is 9.84 Å². The SMILES string of the molecule is O=C(O)c1ccc(OCCc2cccnc2)cc1F. The van der Waals surface area contributed by atoms with Crippen molar-refractivity contribution in [1.29, 1.82) is 0 Å². The quantitative estimate of drug-likeness (QED) is 0.898. The number of carbonyl (C=O) groups is 1. The van der Waals surface area contributed by atoms with Crippen LogP contribution in [-0.2, 0) is 6.42 Å². The summed E-state index contributed by atoms with van der Waals surface area (Å²) in [6, 6.07) is 7.46. The third-order valence-electron chi connectivity index (χ3n) is 2.55. The van der Waals surface area contributed by atoms with Crippen LogP contribution in [0.5, 0.6) is 5.75 Å². The Bertz CT molecular complexity index is 572. The number of aromatic carboxylic acids is 1. The second-order valence-corrected chi connectivity index (χ2v) is 3.91. The van der Waals surface area contributed by atoms with Crippen LogP contribution in [0, 0.1) is 5.82 Å². The molecular weight excluding hydrogens is 249 g/mol. The minimum Gasteiger partial charge on any atom is -0.493 e. The fourth-order valence-electron chi connectivity index (χ4n) is 1.59. The van der Waals surface area contributed by atoms with Crippen LogP contribution in [-0.4, -0.2) is 22.7 Å². The highest BCUT2D eigenvalue weighted by Crippen LogP contribution is 2.17. The van der Waals surface area contributed by atoms with Gasteiger partial charge in [-0.2, -0.15) is 0 Å². The maximum atomic E-state index is 13.4. The van der Waals surface area contributed by atoms with Crippen LogP contribution in [0.1, 0.15) is 15.9 Å². The van der Waals surface area contributed by atoms with Crippen LogP contribution in [0.4, 0.5) is 4.39 Å². The Balaban J connectivity index is 1.93. The number of carboxylic acids is 1. The van der Waals surface area contributed by atoms with Gasteiger partial charge in [0.15, 0.2) is 0 Å². The van der Waals surface area contributed by atoms with E-state index in [1.807, 2.05) is 12.1 Å². The van der Waals surface area contributed by atoms with E-state index in [4.69, 9.17) is 9.84 Å². The standard InChI is InChI=1S/C14H12FNO3/c15-13-8-11(3-4-12(13)14(17)18)19-7-5-10-2-1-6-16-9-10/h1-4,6,8-9H,5,7H2,(H,17,18). The summed E-state index contributed by atoms with van der Waals surface area (Å²) in [7, 11) is 0. The number of aromatic nitrogens is 1. The molecular formula is C14H12FNO3. The predicted molar refractivity (Wildman–Crippen MR) is 66.8 cm³/mol. The molecule has 1 aromatic carbocycles. The van der Waals surface area contributed by atoms with Crippen molar-refractivity contribution in [3.63, 3.8) is 0 Å². The highest BCUT2D eigenvalue weighted by atomic mass is 19.1. The van der Waals surface area contributed by atoms with Crippen molar-refractivity contribution in [1.82, 2.24) is 4.98 Å². The second-order valence-electron chi connectivity index (χ2n) is 3.91. The van der Waals surface area contributed by atoms with Gasteiger partial charge in [0, 0.05) is 24.9 Å². The lowest BCUT2D eigenvalue weighted by molar-refractivity contribution is 0.0692. The Morgan fingerprint density at radius 2 is 2.21 bits per heavy atom. The molecule has 0 fully saturated rings. The molecule has 5 heteroatoms. The van der Waals surface area contributed by atoms with Gasteiger partial charge in [-0.1, -0.05) is 6.07 Å². The summed E-state index contributed by atoms with van der Waals surface area (Å²) in [5.74, 6) is -1.78. The van der Waals surface area contributed by atoms with Crippen LogP contribution in [0.25, 0.3) is 0 Å². The zero-order valence-corrected chi connectivity index (χ0v) is 10.0. The van der Waals surface area contributed by atoms with Crippen molar-refractivity contribution in [3.05, 3.63) is 59.7 Å². The number of benzene rings is 1. The molecule has 2 rings (SSSR count). The van der Waals surface area contributed by atoms with Crippen molar-refractivity contribution in [2.75, 3.05) is 6.61 Å². The smallest absolute Gasteiger partial charge is 0.338 e. The molecule has 0 saturated carbocycles. The van der Waals surface area contributed by atoms with Crippen LogP contribution < -0.4 is 4.74 Å². The molecule has 0 radical (unpaired) electrons. The van der Waals surface area contributed by atoms with Gasteiger partial charge in [-0.3, -0.25) is 4.98 Å². The first-order valence-electron chi connectivity index (χ1n) is 5.71. The molecule has 0 unspecified atom stereocenters. The molecule has 1 N–H and O–H groups in total. The average Bonchev–Trinajstić information content (AvgIpc) is 2.39. The van der Waals surface area contributed by atoms with Crippen LogP contribution >= 0.6 is 0 Å². The fourth-order valence-corrected chi connectivity index (χ4v) is 1.59. The maximum absolute atomic E-state index is 13.4. The van der Waals surface area contributed by atoms with Gasteiger partial charge in [-0.05, 0) is 23.8 Å². The summed E-state index contributed by atoms with van der Waals surface area (Å²) in [4.78, 5) is 14.6. The molecule has 1 heterocycles. The van der Waals surface area contributed by atoms with Crippen molar-refractivity contribution in [3.8, 4) is 5.75 Å². The number of hydrogen-bond donors (Lipinski definition) is 1. The van der Waals surface area contributed by atoms with Crippen molar-refractivity contribution < 1.29 is 19.0 Å². The minimum atomic E-state index is -1.29. The summed E-state index contributed by atoms with van der Waals surface area (Å²) < 4.78 is 18.7. The molecule has 2 aromatic rings. The van der Waals surface area contributed by atoms with Gasteiger partial charge in [0.05, 0.1) is 12.2 Å². The Morgan fingerprint density at radius 3 is 2.84 bits per heavy atom. The van der Waals surface area contributed by atoms with E-state index < -0.39 is 11.8 Å². The van der Waals surface area contributed by atoms with Gasteiger partial charge in [0.1, 0.15) is 11.6 Å². The van der Waals surface area contributed by atoms with Gasteiger partial charge >= 0.3 is 5.97 Å². The van der Waals surface area contributed by atoms with Crippen molar-refractivity contribution in [2.45, 2.75) is 6.42 Å². The third kappa shape index (κ3) is 3.51. The zero-order chi connectivity index (χ0) is 13.7. The lowest BCUT2D eigenvalue weighted by Gasteiger charge is -2.07. The summed E-state index contributed by atoms with van der Waals surface area (Å²) in [6.45, 7) is 0.373. The van der Waals surface area contributed by atoms with Crippen molar-refractivity contribution >= 4 is 5.97 Å². The number of nitrogens with zero attached hydrogens (tertiary/aromatic N) is 1. The van der Waals surface area contributed by atoms with E-state index in [0.29, 0.717) is 18.8 Å². The monoisotopic (exact) mass is 261 g/mol. The first kappa shape index (κ1) is 13.0. The maximum Gasteiger partial charge on any atom is 0.338 e. The molecule has 0 amide bonds. The molecule has 19 heavy (non-hydrogen) atoms. The molecule has 4 nitrogen and oxygen atoms in total. The summed E-state index contributed by atoms with van der Waals surface area (Å²) in [5.41, 5.74) is 0.657. The van der Waals surface area contributed by atoms with E-state index in [0.717, 1.165) is 11.6 Å². The van der Waals surface area contributed by atoms with Gasteiger partial charge in [-0.15, -0.1) is 0 Å². The van der Waals surface area contributed by atoms with Gasteiger partial charge in [-0.25, -0.2) is 9.18 Å². The Kier molecular flexibility index (Phi) is 4.07. The number of halogens is 1. The number of carboxylic acid groups (broad SMARTS) is 1. The molecule has 0 spiro atoms. The van der Waals surface area contributed by atoms with Crippen LogP contribution in [0.15, 0.2) is 42.7 Å². The molecule has 0 aliphatic heterocycles. The molecule has 0 aliphatic carbocycles. The van der Waals surface area contributed by atoms with Crippen molar-refractivity contribution in [2.24, 2.45) is 0 Å². The van der Waals surface area contributed by atoms with Gasteiger partial charge in [0.25, 0.3) is 0 Å². The van der Waals surface area contributed by atoms with Crippen LogP contribution in [0.2, 0.25) is 0 Å². The highest BCUT2D eigenvalue weighted by molar-refractivity contribution is 5.88. The van der Waals surface area contributed by atoms with E-state index in [2.05, 4.69) is 4.98 Å². The number of ether oxygens (including phenoxy) is 1. The molecule has 1 aromatic heterocycles. The molecule has 0 aliphatic rings. The second kappa shape index (κ2) is 5.95. The lowest BCUT2D eigenvalue weighted by atomic mass is 10.2. The Hall–Kier alpha value is -2.43. The largest absolute Gasteiger partial charge is 0.493 e. The molecule has 98 valence electrons. The van der Waals surface area contributed by atoms with Gasteiger partial charge in [0.2, 0.25) is 0 Å². The number of hydrogen-bond acceptors (Lipinski definition) is 3. The summed E-state index contributed by atoms with van der Waals surface area (Å²) in [6.07, 6.45) is 4.07. The zero-order valence-electron chi connectivity index (χ0n) is 10.0. The normalized spacial score (nSPS) is 10.2. The number of rotatable bonds is 5. The van der Waals surface area contributed by atoms with E-state index in [-0.39, 0.29) is 5.56 Å². The highest BCUT2D eigenvalue weighted by Gasteiger charge is 2.10. The first-order chi connectivity index (χ1) is 9.16. The minimum absolute atomic E-state index is 0.311. The average molecular weight is 261 g/mol. The molecule has 0 atom stereocenters. The van der Waals surface area contributed by atoms with E-state index in [1.165, 1.54) is 12.1 Å². The van der Waals surface area contributed by atoms with E-state index in [1.54, 1.807) is 12.4 Å². The van der Waals surface area contributed by atoms with E-state index >= 15 is 0 Å². The molecule has 0 saturated heterocycles. The molecule has 0 bridgehead atoms. The first-order valence-corrected chi connectivity index (χ1v) is 5.71.